The third-order valence-electron chi connectivity index (χ3n) is 4.15. The molecule has 0 bridgehead atoms. The summed E-state index contributed by atoms with van der Waals surface area (Å²) in [6.45, 7) is 2.87. The molecule has 150 valence electrons. The molecule has 1 N–H and O–H groups in total. The number of anilines is 1. The van der Waals surface area contributed by atoms with Gasteiger partial charge >= 0.3 is 12.1 Å². The van der Waals surface area contributed by atoms with Crippen molar-refractivity contribution in [2.75, 3.05) is 11.9 Å². The van der Waals surface area contributed by atoms with Crippen molar-refractivity contribution in [2.24, 2.45) is 0 Å². The van der Waals surface area contributed by atoms with Crippen LogP contribution in [0.5, 0.6) is 0 Å². The molecule has 3 rings (SSSR count). The zero-order valence-electron chi connectivity index (χ0n) is 15.5. The third-order valence-corrected chi connectivity index (χ3v) is 4.15. The fourth-order valence-electron chi connectivity index (χ4n) is 2.60. The molecule has 29 heavy (non-hydrogen) atoms. The van der Waals surface area contributed by atoms with Gasteiger partial charge in [0.1, 0.15) is 0 Å². The number of carbonyl (C=O) groups is 2. The predicted octanol–water partition coefficient (Wildman–Crippen LogP) is 4.06. The van der Waals surface area contributed by atoms with Crippen LogP contribution in [0.4, 0.5) is 18.9 Å². The van der Waals surface area contributed by atoms with Crippen molar-refractivity contribution in [1.29, 1.82) is 0 Å². The SMILES string of the molecule is Cc1nc2ccc(C(=O)OCC(=O)Nc3ccccc3C(F)(F)F)cc2nc1C. The van der Waals surface area contributed by atoms with E-state index in [1.54, 1.807) is 13.0 Å². The van der Waals surface area contributed by atoms with Crippen LogP contribution in [0.3, 0.4) is 0 Å². The predicted molar refractivity (Wildman–Crippen MR) is 99.4 cm³/mol. The van der Waals surface area contributed by atoms with Crippen molar-refractivity contribution in [3.63, 3.8) is 0 Å². The van der Waals surface area contributed by atoms with E-state index in [1.807, 2.05) is 6.92 Å². The molecule has 2 aromatic carbocycles. The van der Waals surface area contributed by atoms with E-state index in [1.165, 1.54) is 24.3 Å². The van der Waals surface area contributed by atoms with E-state index < -0.39 is 35.9 Å². The van der Waals surface area contributed by atoms with E-state index in [-0.39, 0.29) is 5.56 Å². The molecule has 0 aliphatic rings. The summed E-state index contributed by atoms with van der Waals surface area (Å²) in [5.41, 5.74) is 1.33. The maximum Gasteiger partial charge on any atom is 0.418 e. The lowest BCUT2D eigenvalue weighted by Crippen LogP contribution is -2.22. The molecule has 0 aliphatic carbocycles. The molecule has 0 unspecified atom stereocenters. The van der Waals surface area contributed by atoms with Crippen LogP contribution >= 0.6 is 0 Å². The lowest BCUT2D eigenvalue weighted by Gasteiger charge is -2.13. The molecule has 1 aromatic heterocycles. The normalized spacial score (nSPS) is 11.3. The van der Waals surface area contributed by atoms with Gasteiger partial charge in [0.05, 0.1) is 39.2 Å². The van der Waals surface area contributed by atoms with Crippen molar-refractivity contribution in [1.82, 2.24) is 9.97 Å². The molecule has 1 heterocycles. The first-order valence-electron chi connectivity index (χ1n) is 8.53. The number of rotatable bonds is 4. The highest BCUT2D eigenvalue weighted by atomic mass is 19.4. The lowest BCUT2D eigenvalue weighted by atomic mass is 10.1. The summed E-state index contributed by atoms with van der Waals surface area (Å²) in [5.74, 6) is -1.69. The molecule has 0 atom stereocenters. The number of alkyl halides is 3. The molecule has 9 heteroatoms. The molecule has 6 nitrogen and oxygen atoms in total. The number of nitrogens with zero attached hydrogens (tertiary/aromatic N) is 2. The summed E-state index contributed by atoms with van der Waals surface area (Å²) in [4.78, 5) is 32.8. The monoisotopic (exact) mass is 403 g/mol. The number of aryl methyl sites for hydroxylation is 2. The number of ether oxygens (including phenoxy) is 1. The number of benzene rings is 2. The Morgan fingerprint density at radius 1 is 1.00 bits per heavy atom. The number of aromatic nitrogens is 2. The van der Waals surface area contributed by atoms with Gasteiger partial charge in [-0.15, -0.1) is 0 Å². The van der Waals surface area contributed by atoms with E-state index in [0.717, 1.165) is 17.8 Å². The summed E-state index contributed by atoms with van der Waals surface area (Å²) >= 11 is 0. The fraction of sp³-hybridized carbons (Fsp3) is 0.200. The van der Waals surface area contributed by atoms with Crippen LogP contribution < -0.4 is 5.32 Å². The highest BCUT2D eigenvalue weighted by Crippen LogP contribution is 2.34. The van der Waals surface area contributed by atoms with Gasteiger partial charge in [-0.25, -0.2) is 14.8 Å². The highest BCUT2D eigenvalue weighted by Gasteiger charge is 2.33. The topological polar surface area (TPSA) is 81.2 Å². The number of hydrogen-bond acceptors (Lipinski definition) is 5. The minimum atomic E-state index is -4.62. The van der Waals surface area contributed by atoms with E-state index >= 15 is 0 Å². The third kappa shape index (κ3) is 4.68. The molecule has 0 fully saturated rings. The Morgan fingerprint density at radius 3 is 2.34 bits per heavy atom. The van der Waals surface area contributed by atoms with E-state index in [4.69, 9.17) is 4.74 Å². The van der Waals surface area contributed by atoms with Gasteiger partial charge in [0.15, 0.2) is 6.61 Å². The standard InChI is InChI=1S/C20H16F3N3O3/c1-11-12(2)25-17-9-13(7-8-16(17)24-11)19(28)29-10-18(27)26-15-6-4-3-5-14(15)20(21,22)23/h3-9H,10H2,1-2H3,(H,26,27). The van der Waals surface area contributed by atoms with Crippen LogP contribution in [0.2, 0.25) is 0 Å². The average Bonchev–Trinajstić information content (AvgIpc) is 2.66. The number of carbonyl (C=O) groups excluding carboxylic acids is 2. The summed E-state index contributed by atoms with van der Waals surface area (Å²) in [6, 6.07) is 9.10. The van der Waals surface area contributed by atoms with E-state index in [2.05, 4.69) is 15.3 Å². The fourth-order valence-corrected chi connectivity index (χ4v) is 2.60. The van der Waals surface area contributed by atoms with Crippen molar-refractivity contribution in [3.05, 3.63) is 65.0 Å². The van der Waals surface area contributed by atoms with Gasteiger partial charge in [0.2, 0.25) is 0 Å². The first-order chi connectivity index (χ1) is 13.6. The smallest absolute Gasteiger partial charge is 0.418 e. The Balaban J connectivity index is 1.67. The summed E-state index contributed by atoms with van der Waals surface area (Å²) in [5, 5.41) is 2.11. The Bertz CT molecular complexity index is 1100. The minimum Gasteiger partial charge on any atom is -0.452 e. The van der Waals surface area contributed by atoms with E-state index in [9.17, 15) is 22.8 Å². The zero-order chi connectivity index (χ0) is 21.2. The van der Waals surface area contributed by atoms with Gasteiger partial charge in [-0.05, 0) is 44.2 Å². The molecule has 0 saturated heterocycles. The summed E-state index contributed by atoms with van der Waals surface area (Å²) in [6.07, 6.45) is -4.62. The molecular formula is C20H16F3N3O3. The van der Waals surface area contributed by atoms with E-state index in [0.29, 0.717) is 16.7 Å². The zero-order valence-corrected chi connectivity index (χ0v) is 15.5. The van der Waals surface area contributed by atoms with Gasteiger partial charge < -0.3 is 10.1 Å². The van der Waals surface area contributed by atoms with Gasteiger partial charge in [0.25, 0.3) is 5.91 Å². The first kappa shape index (κ1) is 20.2. The van der Waals surface area contributed by atoms with Gasteiger partial charge in [-0.3, -0.25) is 4.79 Å². The molecule has 0 radical (unpaired) electrons. The van der Waals surface area contributed by atoms with Crippen LogP contribution in [0.25, 0.3) is 11.0 Å². The maximum absolute atomic E-state index is 13.0. The van der Waals surface area contributed by atoms with Gasteiger partial charge in [-0.2, -0.15) is 13.2 Å². The minimum absolute atomic E-state index is 0.151. The lowest BCUT2D eigenvalue weighted by molar-refractivity contribution is -0.137. The van der Waals surface area contributed by atoms with Crippen molar-refractivity contribution >= 4 is 28.6 Å². The van der Waals surface area contributed by atoms with Crippen LogP contribution in [-0.4, -0.2) is 28.5 Å². The molecule has 0 aliphatic heterocycles. The largest absolute Gasteiger partial charge is 0.452 e. The number of amides is 1. The number of hydrogen-bond donors (Lipinski definition) is 1. The Kier molecular flexibility index (Phi) is 5.49. The Morgan fingerprint density at radius 2 is 1.66 bits per heavy atom. The van der Waals surface area contributed by atoms with Crippen LogP contribution in [0, 0.1) is 13.8 Å². The van der Waals surface area contributed by atoms with Gasteiger partial charge in [0, 0.05) is 0 Å². The van der Waals surface area contributed by atoms with Crippen molar-refractivity contribution in [3.8, 4) is 0 Å². The van der Waals surface area contributed by atoms with Crippen LogP contribution in [-0.2, 0) is 15.7 Å². The molecule has 0 spiro atoms. The number of esters is 1. The quantitative estimate of drug-likeness (QED) is 0.665. The van der Waals surface area contributed by atoms with Crippen LogP contribution in [0.15, 0.2) is 42.5 Å². The molecule has 1 amide bonds. The average molecular weight is 403 g/mol. The number of para-hydroxylation sites is 1. The second-order valence-electron chi connectivity index (χ2n) is 6.27. The summed E-state index contributed by atoms with van der Waals surface area (Å²) < 4.78 is 43.8. The molecular weight excluding hydrogens is 387 g/mol. The van der Waals surface area contributed by atoms with Crippen molar-refractivity contribution in [2.45, 2.75) is 20.0 Å². The molecule has 3 aromatic rings. The second-order valence-corrected chi connectivity index (χ2v) is 6.27. The summed E-state index contributed by atoms with van der Waals surface area (Å²) in [7, 11) is 0. The van der Waals surface area contributed by atoms with Gasteiger partial charge in [-0.1, -0.05) is 12.1 Å². The van der Waals surface area contributed by atoms with Crippen molar-refractivity contribution < 1.29 is 27.5 Å². The molecule has 0 saturated carbocycles. The highest BCUT2D eigenvalue weighted by molar-refractivity contribution is 5.97. The Labute approximate surface area is 163 Å². The Hall–Kier alpha value is -3.49. The number of nitrogens with one attached hydrogen (secondary N) is 1. The first-order valence-corrected chi connectivity index (χ1v) is 8.53. The number of fused-ring (bicyclic) bond motifs is 1. The second kappa shape index (κ2) is 7.86. The van der Waals surface area contributed by atoms with Crippen LogP contribution in [0.1, 0.15) is 27.3 Å². The number of halogens is 3. The maximum atomic E-state index is 13.0.